The Kier molecular flexibility index (Phi) is 4.49. The summed E-state index contributed by atoms with van der Waals surface area (Å²) < 4.78 is 11.3. The summed E-state index contributed by atoms with van der Waals surface area (Å²) in [7, 11) is 1.60. The molecule has 2 fully saturated rings. The Balaban J connectivity index is 1.26. The van der Waals surface area contributed by atoms with Crippen LogP contribution in [-0.4, -0.2) is 59.4 Å². The number of pyridine rings is 1. The Morgan fingerprint density at radius 2 is 1.94 bits per heavy atom. The molecule has 0 radical (unpaired) electrons. The number of fused-ring (bicyclic) bond motifs is 3. The van der Waals surface area contributed by atoms with Gasteiger partial charge in [0.1, 0.15) is 12.4 Å². The maximum atomic E-state index is 6.09. The first-order valence-corrected chi connectivity index (χ1v) is 10.9. The summed E-state index contributed by atoms with van der Waals surface area (Å²) in [6, 6.07) is 13.3. The highest BCUT2D eigenvalue weighted by molar-refractivity contribution is 5.78. The van der Waals surface area contributed by atoms with Crippen molar-refractivity contribution in [2.24, 2.45) is 0 Å². The molecule has 6 rings (SSSR count). The zero-order chi connectivity index (χ0) is 20.8. The number of benzene rings is 1. The summed E-state index contributed by atoms with van der Waals surface area (Å²) in [6.45, 7) is 5.14. The fourth-order valence-corrected chi connectivity index (χ4v) is 4.78. The van der Waals surface area contributed by atoms with Gasteiger partial charge in [0.15, 0.2) is 0 Å². The number of hydrogen-bond donors (Lipinski definition) is 0. The van der Waals surface area contributed by atoms with Crippen LogP contribution >= 0.6 is 0 Å². The molecule has 0 bridgehead atoms. The van der Waals surface area contributed by atoms with Gasteiger partial charge in [0.25, 0.3) is 0 Å². The SMILES string of the molecule is COc1cc(-c2ccc3c(c2)COc2nc(N4CCC(N5CCC5)C4)ccc2-3)cnn1. The van der Waals surface area contributed by atoms with Crippen LogP contribution in [0, 0.1) is 0 Å². The standard InChI is InChI=1S/C24H25N5O2/c1-30-23-12-17(13-25-27-23)16-3-4-20-18(11-16)15-31-24-21(20)5-6-22(26-24)29-10-7-19(14-29)28-8-2-9-28/h3-6,11-13,19H,2,7-10,14-15H2,1H3. The Labute approximate surface area is 181 Å². The largest absolute Gasteiger partial charge is 0.480 e. The van der Waals surface area contributed by atoms with E-state index in [1.165, 1.54) is 31.5 Å². The lowest BCUT2D eigenvalue weighted by Gasteiger charge is -2.36. The summed E-state index contributed by atoms with van der Waals surface area (Å²) in [5, 5.41) is 7.98. The highest BCUT2D eigenvalue weighted by Crippen LogP contribution is 2.39. The molecule has 1 unspecified atom stereocenters. The molecule has 31 heavy (non-hydrogen) atoms. The summed E-state index contributed by atoms with van der Waals surface area (Å²) in [5.74, 6) is 2.26. The van der Waals surface area contributed by atoms with Crippen LogP contribution in [0.2, 0.25) is 0 Å². The highest BCUT2D eigenvalue weighted by Gasteiger charge is 2.31. The van der Waals surface area contributed by atoms with Crippen LogP contribution in [0.3, 0.4) is 0 Å². The minimum atomic E-state index is 0.506. The number of anilines is 1. The number of rotatable bonds is 4. The van der Waals surface area contributed by atoms with E-state index in [4.69, 9.17) is 14.5 Å². The Morgan fingerprint density at radius 3 is 2.77 bits per heavy atom. The van der Waals surface area contributed by atoms with Crippen molar-refractivity contribution in [2.75, 3.05) is 38.2 Å². The molecule has 3 aliphatic rings. The zero-order valence-electron chi connectivity index (χ0n) is 17.6. The lowest BCUT2D eigenvalue weighted by Crippen LogP contribution is -2.46. The second-order valence-corrected chi connectivity index (χ2v) is 8.45. The monoisotopic (exact) mass is 415 g/mol. The second kappa shape index (κ2) is 7.50. The van der Waals surface area contributed by atoms with E-state index >= 15 is 0 Å². The average Bonchev–Trinajstić information content (AvgIpc) is 3.26. The van der Waals surface area contributed by atoms with Crippen molar-refractivity contribution in [3.63, 3.8) is 0 Å². The maximum Gasteiger partial charge on any atom is 0.233 e. The van der Waals surface area contributed by atoms with Crippen molar-refractivity contribution in [1.29, 1.82) is 0 Å². The summed E-state index contributed by atoms with van der Waals surface area (Å²) in [5.41, 5.74) is 5.42. The first-order valence-electron chi connectivity index (χ1n) is 10.9. The van der Waals surface area contributed by atoms with Crippen LogP contribution in [0.15, 0.2) is 42.6 Å². The Hall–Kier alpha value is -3.19. The lowest BCUT2D eigenvalue weighted by molar-refractivity contribution is 0.129. The first-order chi connectivity index (χ1) is 15.3. The van der Waals surface area contributed by atoms with Crippen molar-refractivity contribution in [3.8, 4) is 34.0 Å². The molecule has 158 valence electrons. The predicted octanol–water partition coefficient (Wildman–Crippen LogP) is 3.39. The van der Waals surface area contributed by atoms with Gasteiger partial charge >= 0.3 is 0 Å². The van der Waals surface area contributed by atoms with E-state index in [0.29, 0.717) is 18.5 Å². The number of aromatic nitrogens is 3. The van der Waals surface area contributed by atoms with Gasteiger partial charge in [0.2, 0.25) is 11.8 Å². The van der Waals surface area contributed by atoms with Gasteiger partial charge in [-0.1, -0.05) is 12.1 Å². The van der Waals surface area contributed by atoms with Crippen molar-refractivity contribution < 1.29 is 9.47 Å². The van der Waals surface area contributed by atoms with Gasteiger partial charge in [-0.2, -0.15) is 10.1 Å². The van der Waals surface area contributed by atoms with Crippen LogP contribution < -0.4 is 14.4 Å². The van der Waals surface area contributed by atoms with Gasteiger partial charge in [0.05, 0.1) is 13.3 Å². The number of ether oxygens (including phenoxy) is 2. The molecule has 1 aromatic carbocycles. The minimum Gasteiger partial charge on any atom is -0.480 e. The van der Waals surface area contributed by atoms with Crippen LogP contribution in [0.1, 0.15) is 18.4 Å². The number of hydrogen-bond acceptors (Lipinski definition) is 7. The van der Waals surface area contributed by atoms with Gasteiger partial charge in [-0.25, -0.2) is 0 Å². The summed E-state index contributed by atoms with van der Waals surface area (Å²) in [6.07, 6.45) is 4.31. The fraction of sp³-hybridized carbons (Fsp3) is 0.375. The van der Waals surface area contributed by atoms with Crippen LogP contribution in [0.25, 0.3) is 22.3 Å². The summed E-state index contributed by atoms with van der Waals surface area (Å²) >= 11 is 0. The molecule has 0 amide bonds. The van der Waals surface area contributed by atoms with Gasteiger partial charge in [-0.05, 0) is 60.8 Å². The molecule has 3 aliphatic heterocycles. The van der Waals surface area contributed by atoms with Gasteiger partial charge in [-0.3, -0.25) is 4.90 Å². The third-order valence-corrected chi connectivity index (χ3v) is 6.67. The van der Waals surface area contributed by atoms with Gasteiger partial charge < -0.3 is 14.4 Å². The van der Waals surface area contributed by atoms with Crippen molar-refractivity contribution >= 4 is 5.82 Å². The van der Waals surface area contributed by atoms with E-state index in [1.54, 1.807) is 13.3 Å². The lowest BCUT2D eigenvalue weighted by atomic mass is 9.95. The molecule has 0 aliphatic carbocycles. The molecule has 7 heteroatoms. The van der Waals surface area contributed by atoms with Crippen molar-refractivity contribution in [3.05, 3.63) is 48.2 Å². The van der Waals surface area contributed by atoms with E-state index in [9.17, 15) is 0 Å². The van der Waals surface area contributed by atoms with E-state index in [-0.39, 0.29) is 0 Å². The minimum absolute atomic E-state index is 0.506. The molecule has 1 atom stereocenters. The van der Waals surface area contributed by atoms with Crippen molar-refractivity contribution in [1.82, 2.24) is 20.1 Å². The molecule has 2 aromatic heterocycles. The van der Waals surface area contributed by atoms with Gasteiger partial charge in [-0.15, -0.1) is 5.10 Å². The Bertz CT molecular complexity index is 1130. The van der Waals surface area contributed by atoms with Crippen LogP contribution in [0.4, 0.5) is 5.82 Å². The molecule has 5 heterocycles. The second-order valence-electron chi connectivity index (χ2n) is 8.45. The number of methoxy groups -OCH3 is 1. The smallest absolute Gasteiger partial charge is 0.233 e. The number of likely N-dealkylation sites (tertiary alicyclic amines) is 1. The van der Waals surface area contributed by atoms with E-state index < -0.39 is 0 Å². The first kappa shape index (κ1) is 18.6. The predicted molar refractivity (Wildman–Crippen MR) is 118 cm³/mol. The molecular weight excluding hydrogens is 390 g/mol. The zero-order valence-corrected chi connectivity index (χ0v) is 17.6. The third-order valence-electron chi connectivity index (χ3n) is 6.67. The van der Waals surface area contributed by atoms with Gasteiger partial charge in [0, 0.05) is 36.3 Å². The average molecular weight is 415 g/mol. The number of nitrogens with zero attached hydrogens (tertiary/aromatic N) is 5. The molecule has 3 aromatic rings. The summed E-state index contributed by atoms with van der Waals surface area (Å²) in [4.78, 5) is 9.88. The molecule has 0 saturated carbocycles. The normalized spacial score (nSPS) is 19.9. The molecule has 2 saturated heterocycles. The maximum absolute atomic E-state index is 6.09. The topological polar surface area (TPSA) is 63.6 Å². The van der Waals surface area contributed by atoms with E-state index in [2.05, 4.69) is 50.3 Å². The molecule has 7 nitrogen and oxygen atoms in total. The fourth-order valence-electron chi connectivity index (χ4n) is 4.78. The van der Waals surface area contributed by atoms with E-state index in [1.807, 2.05) is 6.07 Å². The molecular formula is C24H25N5O2. The van der Waals surface area contributed by atoms with Crippen LogP contribution in [0.5, 0.6) is 11.8 Å². The quantitative estimate of drug-likeness (QED) is 0.647. The third kappa shape index (κ3) is 3.29. The molecule has 0 N–H and O–H groups in total. The Morgan fingerprint density at radius 1 is 1.03 bits per heavy atom. The van der Waals surface area contributed by atoms with Crippen LogP contribution in [-0.2, 0) is 6.61 Å². The van der Waals surface area contributed by atoms with Crippen molar-refractivity contribution in [2.45, 2.75) is 25.5 Å². The highest BCUT2D eigenvalue weighted by atomic mass is 16.5. The molecule has 0 spiro atoms. The van der Waals surface area contributed by atoms with E-state index in [0.717, 1.165) is 47.0 Å².